The van der Waals surface area contributed by atoms with Crippen LogP contribution in [-0.4, -0.2) is 34.2 Å². The monoisotopic (exact) mass is 284 g/mol. The lowest BCUT2D eigenvalue weighted by atomic mass is 10.2. The normalized spacial score (nSPS) is 12.2. The molecule has 0 bridgehead atoms. The number of nitrogens with zero attached hydrogens (tertiary/aromatic N) is 2. The summed E-state index contributed by atoms with van der Waals surface area (Å²) in [6.07, 6.45) is 2.62. The minimum Gasteiger partial charge on any atom is -0.342 e. The molecule has 0 radical (unpaired) electrons. The zero-order chi connectivity index (χ0) is 12.1. The molecule has 0 aliphatic carbocycles. The first-order chi connectivity index (χ1) is 7.50. The minimum atomic E-state index is 0.0543. The summed E-state index contributed by atoms with van der Waals surface area (Å²) in [6, 6.07) is 3.57. The highest BCUT2D eigenvalue weighted by atomic mass is 79.9. The summed E-state index contributed by atoms with van der Waals surface area (Å²) in [4.78, 5) is 18.2. The van der Waals surface area contributed by atoms with Crippen molar-refractivity contribution in [3.63, 3.8) is 0 Å². The molecule has 0 aliphatic rings. The van der Waals surface area contributed by atoms with E-state index in [1.165, 1.54) is 0 Å². The summed E-state index contributed by atoms with van der Waals surface area (Å²) in [5, 5.41) is 0. The van der Waals surface area contributed by atoms with Crippen LogP contribution in [0.3, 0.4) is 0 Å². The van der Waals surface area contributed by atoms with Gasteiger partial charge in [0.25, 0.3) is 5.91 Å². The van der Waals surface area contributed by atoms with E-state index in [1.807, 2.05) is 20.0 Å². The predicted octanol–water partition coefficient (Wildman–Crippen LogP) is 2.64. The number of pyridine rings is 1. The van der Waals surface area contributed by atoms with Gasteiger partial charge in [0.05, 0.1) is 0 Å². The number of aromatic nitrogens is 1. The molecule has 0 saturated heterocycles. The Balaban J connectivity index is 2.63. The highest BCUT2D eigenvalue weighted by Gasteiger charge is 2.12. The molecule has 1 atom stereocenters. The Labute approximate surface area is 105 Å². The number of aryl methyl sites for hydroxylation is 1. The largest absolute Gasteiger partial charge is 0.342 e. The molecule has 0 N–H and O–H groups in total. The number of hydrogen-bond donors (Lipinski definition) is 0. The van der Waals surface area contributed by atoms with E-state index < -0.39 is 0 Å². The number of halogens is 1. The molecule has 0 aliphatic heterocycles. The smallest absolute Gasteiger partial charge is 0.253 e. The molecule has 88 valence electrons. The number of amides is 1. The third-order valence-corrected chi connectivity index (χ3v) is 2.81. The van der Waals surface area contributed by atoms with E-state index in [1.54, 1.807) is 17.2 Å². The van der Waals surface area contributed by atoms with Crippen LogP contribution in [0.5, 0.6) is 0 Å². The molecule has 0 fully saturated rings. The topological polar surface area (TPSA) is 33.2 Å². The quantitative estimate of drug-likeness (QED) is 0.797. The summed E-state index contributed by atoms with van der Waals surface area (Å²) < 4.78 is 0. The third kappa shape index (κ3) is 3.93. The van der Waals surface area contributed by atoms with Crippen LogP contribution in [0.2, 0.25) is 0 Å². The van der Waals surface area contributed by atoms with E-state index in [9.17, 15) is 4.79 Å². The van der Waals surface area contributed by atoms with Crippen LogP contribution in [0.15, 0.2) is 18.3 Å². The van der Waals surface area contributed by atoms with E-state index >= 15 is 0 Å². The van der Waals surface area contributed by atoms with Gasteiger partial charge in [0.2, 0.25) is 0 Å². The summed E-state index contributed by atoms with van der Waals surface area (Å²) in [5.41, 5.74) is 1.57. The van der Waals surface area contributed by atoms with E-state index in [0.717, 1.165) is 18.7 Å². The van der Waals surface area contributed by atoms with Crippen LogP contribution in [0.4, 0.5) is 0 Å². The van der Waals surface area contributed by atoms with Gasteiger partial charge >= 0.3 is 0 Å². The van der Waals surface area contributed by atoms with Crippen molar-refractivity contribution >= 4 is 21.8 Å². The summed E-state index contributed by atoms with van der Waals surface area (Å²) in [6.45, 7) is 4.72. The minimum absolute atomic E-state index is 0.0543. The summed E-state index contributed by atoms with van der Waals surface area (Å²) >= 11 is 3.47. The molecule has 0 aromatic carbocycles. The van der Waals surface area contributed by atoms with Crippen LogP contribution in [0.25, 0.3) is 0 Å². The average molecular weight is 285 g/mol. The van der Waals surface area contributed by atoms with Gasteiger partial charge in [0.1, 0.15) is 0 Å². The van der Waals surface area contributed by atoms with E-state index in [-0.39, 0.29) is 5.91 Å². The molecule has 1 rings (SSSR count). The third-order valence-electron chi connectivity index (χ3n) is 2.35. The highest BCUT2D eigenvalue weighted by molar-refractivity contribution is 9.09. The Bertz CT molecular complexity index is 366. The predicted molar refractivity (Wildman–Crippen MR) is 68.9 cm³/mol. The molecule has 0 saturated carbocycles. The zero-order valence-corrected chi connectivity index (χ0v) is 11.5. The number of hydrogen-bond acceptors (Lipinski definition) is 2. The van der Waals surface area contributed by atoms with Gasteiger partial charge in [0.15, 0.2) is 0 Å². The Morgan fingerprint density at radius 2 is 2.31 bits per heavy atom. The van der Waals surface area contributed by atoms with Gasteiger partial charge in [-0.25, -0.2) is 0 Å². The van der Waals surface area contributed by atoms with Crippen LogP contribution in [-0.2, 0) is 0 Å². The highest BCUT2D eigenvalue weighted by Crippen LogP contribution is 2.08. The first kappa shape index (κ1) is 13.2. The van der Waals surface area contributed by atoms with Crippen molar-refractivity contribution < 1.29 is 4.79 Å². The maximum Gasteiger partial charge on any atom is 0.253 e. The Kier molecular flexibility index (Phi) is 4.93. The molecule has 1 aromatic heterocycles. The van der Waals surface area contributed by atoms with Crippen molar-refractivity contribution in [1.82, 2.24) is 9.88 Å². The van der Waals surface area contributed by atoms with Crippen molar-refractivity contribution in [1.29, 1.82) is 0 Å². The molecule has 1 unspecified atom stereocenters. The number of alkyl halides is 1. The van der Waals surface area contributed by atoms with E-state index in [2.05, 4.69) is 27.8 Å². The second kappa shape index (κ2) is 5.99. The molecule has 3 nitrogen and oxygen atoms in total. The number of carbonyl (C=O) groups excluding carboxylic acids is 1. The Hall–Kier alpha value is -0.900. The molecule has 4 heteroatoms. The number of carbonyl (C=O) groups is 1. The first-order valence-corrected chi connectivity index (χ1v) is 6.24. The van der Waals surface area contributed by atoms with Crippen LogP contribution in [0, 0.1) is 6.92 Å². The maximum atomic E-state index is 12.0. The second-order valence-electron chi connectivity index (χ2n) is 3.98. The van der Waals surface area contributed by atoms with Crippen molar-refractivity contribution in [2.75, 3.05) is 13.6 Å². The van der Waals surface area contributed by atoms with Gasteiger partial charge in [-0.05, 0) is 25.5 Å². The van der Waals surface area contributed by atoms with E-state index in [4.69, 9.17) is 0 Å². The Morgan fingerprint density at radius 3 is 2.88 bits per heavy atom. The fraction of sp³-hybridized carbons (Fsp3) is 0.500. The van der Waals surface area contributed by atoms with Crippen molar-refractivity contribution in [2.24, 2.45) is 0 Å². The summed E-state index contributed by atoms with van der Waals surface area (Å²) in [7, 11) is 1.83. The summed E-state index contributed by atoms with van der Waals surface area (Å²) in [5.74, 6) is 0.0543. The van der Waals surface area contributed by atoms with Gasteiger partial charge in [-0.1, -0.05) is 22.9 Å². The van der Waals surface area contributed by atoms with Gasteiger partial charge < -0.3 is 4.90 Å². The lowest BCUT2D eigenvalue weighted by molar-refractivity contribution is 0.0794. The first-order valence-electron chi connectivity index (χ1n) is 5.33. The molecule has 16 heavy (non-hydrogen) atoms. The number of rotatable bonds is 4. The van der Waals surface area contributed by atoms with Crippen LogP contribution >= 0.6 is 15.9 Å². The maximum absolute atomic E-state index is 12.0. The molecule has 1 heterocycles. The lowest BCUT2D eigenvalue weighted by Crippen LogP contribution is -2.28. The fourth-order valence-corrected chi connectivity index (χ4v) is 1.58. The molecule has 0 spiro atoms. The van der Waals surface area contributed by atoms with Crippen molar-refractivity contribution in [3.8, 4) is 0 Å². The molecule has 1 aromatic rings. The van der Waals surface area contributed by atoms with Crippen molar-refractivity contribution in [3.05, 3.63) is 29.6 Å². The van der Waals surface area contributed by atoms with Crippen LogP contribution in [0.1, 0.15) is 29.4 Å². The molecular weight excluding hydrogens is 268 g/mol. The van der Waals surface area contributed by atoms with Crippen LogP contribution < -0.4 is 0 Å². The average Bonchev–Trinajstić information content (AvgIpc) is 2.24. The Morgan fingerprint density at radius 1 is 1.62 bits per heavy atom. The van der Waals surface area contributed by atoms with E-state index in [0.29, 0.717) is 10.4 Å². The molecule has 1 amide bonds. The van der Waals surface area contributed by atoms with Gasteiger partial charge in [-0.15, -0.1) is 0 Å². The van der Waals surface area contributed by atoms with Gasteiger partial charge in [-0.3, -0.25) is 9.78 Å². The zero-order valence-electron chi connectivity index (χ0n) is 9.90. The second-order valence-corrected chi connectivity index (χ2v) is 5.55. The fourth-order valence-electron chi connectivity index (χ4n) is 1.37. The van der Waals surface area contributed by atoms with Crippen molar-refractivity contribution in [2.45, 2.75) is 25.1 Å². The molecular formula is C12H17BrN2O. The lowest BCUT2D eigenvalue weighted by Gasteiger charge is -2.18. The van der Waals surface area contributed by atoms with Gasteiger partial charge in [-0.2, -0.15) is 0 Å². The SMILES string of the molecule is Cc1cc(C(=O)N(C)CCC(C)Br)ccn1. The van der Waals surface area contributed by atoms with Gasteiger partial charge in [0, 0.05) is 35.9 Å². The standard InChI is InChI=1S/C12H17BrN2O/c1-9(13)5-7-15(3)12(16)11-4-6-14-10(2)8-11/h4,6,8-9H,5,7H2,1-3H3.